The van der Waals surface area contributed by atoms with E-state index in [0.29, 0.717) is 5.92 Å². The molecule has 0 spiro atoms. The highest BCUT2D eigenvalue weighted by Gasteiger charge is 2.19. The number of halogens is 1. The van der Waals surface area contributed by atoms with Crippen LogP contribution in [0, 0.1) is 0 Å². The molecule has 26 heavy (non-hydrogen) atoms. The third-order valence-electron chi connectivity index (χ3n) is 5.22. The van der Waals surface area contributed by atoms with E-state index in [0.717, 1.165) is 17.0 Å². The minimum absolute atomic E-state index is 0.384. The van der Waals surface area contributed by atoms with E-state index in [1.807, 2.05) is 12.1 Å². The minimum Gasteiger partial charge on any atom is -0.358 e. The zero-order chi connectivity index (χ0) is 17.5. The first-order valence-corrected chi connectivity index (χ1v) is 9.29. The molecule has 0 amide bonds. The summed E-state index contributed by atoms with van der Waals surface area (Å²) in [5, 5.41) is 1.99. The number of benzene rings is 3. The van der Waals surface area contributed by atoms with Gasteiger partial charge in [-0.3, -0.25) is 0 Å². The standard InChI is InChI=1S/C24H18ClN/c25-20-10-12-23-22(15-20)21-11-9-19(14-24(21)26-23)18-8-4-7-17(13-18)16-5-2-1-3-6-16/h1-13,15,19,26H,14H2. The normalized spacial score (nSPS) is 16.0. The van der Waals surface area contributed by atoms with Gasteiger partial charge >= 0.3 is 0 Å². The molecule has 1 nitrogen and oxygen atoms in total. The molecule has 0 saturated heterocycles. The summed E-state index contributed by atoms with van der Waals surface area (Å²) in [5.74, 6) is 0.384. The lowest BCUT2D eigenvalue weighted by molar-refractivity contribution is 0.810. The molecular weight excluding hydrogens is 338 g/mol. The van der Waals surface area contributed by atoms with Crippen LogP contribution in [0.4, 0.5) is 0 Å². The van der Waals surface area contributed by atoms with E-state index in [1.165, 1.54) is 33.3 Å². The van der Waals surface area contributed by atoms with Gasteiger partial charge in [-0.1, -0.05) is 78.4 Å². The molecule has 5 rings (SSSR count). The van der Waals surface area contributed by atoms with Crippen LogP contribution in [-0.2, 0) is 6.42 Å². The number of rotatable bonds is 2. The molecular formula is C24H18ClN. The third-order valence-corrected chi connectivity index (χ3v) is 5.46. The maximum atomic E-state index is 6.18. The molecule has 0 aliphatic heterocycles. The monoisotopic (exact) mass is 355 g/mol. The zero-order valence-electron chi connectivity index (χ0n) is 14.2. The van der Waals surface area contributed by atoms with E-state index in [2.05, 4.69) is 77.8 Å². The molecule has 1 atom stereocenters. The molecule has 126 valence electrons. The molecule has 1 unspecified atom stereocenters. The number of allylic oxidation sites excluding steroid dienone is 1. The lowest BCUT2D eigenvalue weighted by Gasteiger charge is -2.18. The average molecular weight is 356 g/mol. The largest absolute Gasteiger partial charge is 0.358 e. The SMILES string of the molecule is Clc1ccc2[nH]c3c(c2c1)C=CC(c1cccc(-c2ccccc2)c1)C3. The molecule has 2 heteroatoms. The molecule has 1 N–H and O–H groups in total. The van der Waals surface area contributed by atoms with Crippen molar-refractivity contribution in [1.29, 1.82) is 0 Å². The fourth-order valence-corrected chi connectivity index (χ4v) is 4.07. The van der Waals surface area contributed by atoms with Crippen molar-refractivity contribution in [1.82, 2.24) is 4.98 Å². The lowest BCUT2D eigenvalue weighted by Crippen LogP contribution is -2.05. The van der Waals surface area contributed by atoms with Crippen molar-refractivity contribution in [2.45, 2.75) is 12.3 Å². The number of fused-ring (bicyclic) bond motifs is 3. The van der Waals surface area contributed by atoms with E-state index < -0.39 is 0 Å². The van der Waals surface area contributed by atoms with Crippen LogP contribution in [0.2, 0.25) is 5.02 Å². The van der Waals surface area contributed by atoms with Gasteiger partial charge in [-0.05, 0) is 41.3 Å². The van der Waals surface area contributed by atoms with Crippen molar-refractivity contribution < 1.29 is 0 Å². The quantitative estimate of drug-likeness (QED) is 0.405. The van der Waals surface area contributed by atoms with Gasteiger partial charge in [0, 0.05) is 33.1 Å². The Bertz CT molecular complexity index is 1120. The molecule has 1 heterocycles. The van der Waals surface area contributed by atoms with Crippen LogP contribution < -0.4 is 0 Å². The van der Waals surface area contributed by atoms with E-state index in [1.54, 1.807) is 0 Å². The molecule has 0 radical (unpaired) electrons. The van der Waals surface area contributed by atoms with Gasteiger partial charge in [0.2, 0.25) is 0 Å². The summed E-state index contributed by atoms with van der Waals surface area (Å²) in [7, 11) is 0. The van der Waals surface area contributed by atoms with Crippen molar-refractivity contribution in [3.8, 4) is 11.1 Å². The van der Waals surface area contributed by atoms with Gasteiger partial charge in [0.25, 0.3) is 0 Å². The van der Waals surface area contributed by atoms with E-state index >= 15 is 0 Å². The summed E-state index contributed by atoms with van der Waals surface area (Å²) < 4.78 is 0. The summed E-state index contributed by atoms with van der Waals surface area (Å²) in [4.78, 5) is 3.58. The first kappa shape index (κ1) is 15.5. The zero-order valence-corrected chi connectivity index (χ0v) is 15.0. The Hall–Kier alpha value is -2.77. The summed E-state index contributed by atoms with van der Waals surface area (Å²) in [5.41, 5.74) is 7.60. The number of hydrogen-bond acceptors (Lipinski definition) is 0. The van der Waals surface area contributed by atoms with Crippen molar-refractivity contribution in [3.05, 3.63) is 101 Å². The van der Waals surface area contributed by atoms with E-state index in [9.17, 15) is 0 Å². The Balaban J connectivity index is 1.51. The van der Waals surface area contributed by atoms with Crippen LogP contribution in [0.1, 0.15) is 22.7 Å². The van der Waals surface area contributed by atoms with Gasteiger partial charge in [-0.25, -0.2) is 0 Å². The van der Waals surface area contributed by atoms with Crippen molar-refractivity contribution >= 4 is 28.6 Å². The van der Waals surface area contributed by atoms with Gasteiger partial charge in [-0.2, -0.15) is 0 Å². The van der Waals surface area contributed by atoms with E-state index in [-0.39, 0.29) is 0 Å². The first-order chi connectivity index (χ1) is 12.8. The molecule has 0 fully saturated rings. The number of hydrogen-bond donors (Lipinski definition) is 1. The van der Waals surface area contributed by atoms with Crippen molar-refractivity contribution in [2.75, 3.05) is 0 Å². The maximum absolute atomic E-state index is 6.18. The maximum Gasteiger partial charge on any atom is 0.0463 e. The second kappa shape index (κ2) is 6.19. The lowest BCUT2D eigenvalue weighted by atomic mass is 9.86. The summed E-state index contributed by atoms with van der Waals surface area (Å²) >= 11 is 6.18. The highest BCUT2D eigenvalue weighted by Crippen LogP contribution is 2.36. The highest BCUT2D eigenvalue weighted by molar-refractivity contribution is 6.31. The van der Waals surface area contributed by atoms with Gasteiger partial charge in [0.05, 0.1) is 0 Å². The number of aromatic nitrogens is 1. The molecule has 1 aromatic heterocycles. The first-order valence-electron chi connectivity index (χ1n) is 8.91. The molecule has 0 bridgehead atoms. The van der Waals surface area contributed by atoms with Crippen LogP contribution >= 0.6 is 11.6 Å². The average Bonchev–Trinajstić information content (AvgIpc) is 3.06. The number of H-pyrrole nitrogens is 1. The Morgan fingerprint density at radius 3 is 2.58 bits per heavy atom. The van der Waals surface area contributed by atoms with Crippen molar-refractivity contribution in [2.24, 2.45) is 0 Å². The highest BCUT2D eigenvalue weighted by atomic mass is 35.5. The predicted molar refractivity (Wildman–Crippen MR) is 111 cm³/mol. The fraction of sp³-hybridized carbons (Fsp3) is 0.0833. The number of nitrogens with one attached hydrogen (secondary N) is 1. The topological polar surface area (TPSA) is 15.8 Å². The Labute approximate surface area is 158 Å². The van der Waals surface area contributed by atoms with Gasteiger partial charge in [0.15, 0.2) is 0 Å². The summed E-state index contributed by atoms with van der Waals surface area (Å²) in [6, 6.07) is 25.5. The van der Waals surface area contributed by atoms with Gasteiger partial charge in [-0.15, -0.1) is 0 Å². The third kappa shape index (κ3) is 2.65. The number of aromatic amines is 1. The van der Waals surface area contributed by atoms with Crippen LogP contribution in [0.15, 0.2) is 78.9 Å². The van der Waals surface area contributed by atoms with Gasteiger partial charge in [0.1, 0.15) is 0 Å². The van der Waals surface area contributed by atoms with E-state index in [4.69, 9.17) is 11.6 Å². The molecule has 0 saturated carbocycles. The van der Waals surface area contributed by atoms with Crippen molar-refractivity contribution in [3.63, 3.8) is 0 Å². The van der Waals surface area contributed by atoms with Crippen LogP contribution in [0.25, 0.3) is 28.1 Å². The summed E-state index contributed by atoms with van der Waals surface area (Å²) in [6.07, 6.45) is 5.55. The minimum atomic E-state index is 0.384. The molecule has 3 aromatic carbocycles. The Morgan fingerprint density at radius 2 is 1.69 bits per heavy atom. The Morgan fingerprint density at radius 1 is 0.846 bits per heavy atom. The molecule has 1 aliphatic rings. The predicted octanol–water partition coefficient (Wildman–Crippen LogP) is 6.84. The fourth-order valence-electron chi connectivity index (χ4n) is 3.90. The Kier molecular flexibility index (Phi) is 3.69. The van der Waals surface area contributed by atoms with Crippen LogP contribution in [-0.4, -0.2) is 4.98 Å². The smallest absolute Gasteiger partial charge is 0.0463 e. The van der Waals surface area contributed by atoms with Crippen LogP contribution in [0.3, 0.4) is 0 Å². The molecule has 4 aromatic rings. The van der Waals surface area contributed by atoms with Crippen LogP contribution in [0.5, 0.6) is 0 Å². The van der Waals surface area contributed by atoms with Gasteiger partial charge < -0.3 is 4.98 Å². The second-order valence-corrected chi connectivity index (χ2v) is 7.30. The second-order valence-electron chi connectivity index (χ2n) is 6.87. The summed E-state index contributed by atoms with van der Waals surface area (Å²) in [6.45, 7) is 0. The molecule has 1 aliphatic carbocycles.